The zero-order valence-electron chi connectivity index (χ0n) is 14.6. The maximum absolute atomic E-state index is 9.83. The van der Waals surface area contributed by atoms with Gasteiger partial charge in [-0.2, -0.15) is 5.06 Å². The van der Waals surface area contributed by atoms with Gasteiger partial charge in [0.1, 0.15) is 0 Å². The van der Waals surface area contributed by atoms with Crippen LogP contribution in [0.15, 0.2) is 11.6 Å². The lowest BCUT2D eigenvalue weighted by Crippen LogP contribution is -2.67. The highest BCUT2D eigenvalue weighted by atomic mass is 16.7. The van der Waals surface area contributed by atoms with Crippen molar-refractivity contribution in [1.82, 2.24) is 5.06 Å². The molecule has 3 aliphatic carbocycles. The number of rotatable bonds is 1. The summed E-state index contributed by atoms with van der Waals surface area (Å²) in [6.45, 7) is 7.51. The summed E-state index contributed by atoms with van der Waals surface area (Å²) in [6, 6.07) is 0. The number of nitrogens with zero attached hydrogens (tertiary/aromatic N) is 1. The van der Waals surface area contributed by atoms with Crippen molar-refractivity contribution in [2.75, 3.05) is 13.7 Å². The highest BCUT2D eigenvalue weighted by molar-refractivity contribution is 5.29. The lowest BCUT2D eigenvalue weighted by atomic mass is 9.43. The Labute approximate surface area is 134 Å². The van der Waals surface area contributed by atoms with Crippen LogP contribution in [0.1, 0.15) is 59.3 Å². The number of hydroxylamine groups is 2. The Morgan fingerprint density at radius 3 is 2.82 bits per heavy atom. The molecule has 3 nitrogen and oxygen atoms in total. The third-order valence-corrected chi connectivity index (χ3v) is 8.42. The number of hydrogen-bond donors (Lipinski definition) is 1. The molecule has 4 aliphatic rings. The molecule has 0 aromatic heterocycles. The molecule has 1 aliphatic heterocycles. The molecule has 0 radical (unpaired) electrons. The van der Waals surface area contributed by atoms with Gasteiger partial charge >= 0.3 is 0 Å². The van der Waals surface area contributed by atoms with E-state index in [4.69, 9.17) is 4.84 Å². The van der Waals surface area contributed by atoms with Crippen molar-refractivity contribution in [1.29, 1.82) is 0 Å². The molecular weight excluding hydrogens is 274 g/mol. The van der Waals surface area contributed by atoms with Gasteiger partial charge in [0.15, 0.2) is 0 Å². The van der Waals surface area contributed by atoms with Crippen molar-refractivity contribution in [3.05, 3.63) is 11.6 Å². The van der Waals surface area contributed by atoms with Crippen LogP contribution >= 0.6 is 0 Å². The van der Waals surface area contributed by atoms with Gasteiger partial charge in [0.2, 0.25) is 0 Å². The maximum atomic E-state index is 9.83. The van der Waals surface area contributed by atoms with Crippen LogP contribution in [0.2, 0.25) is 0 Å². The van der Waals surface area contributed by atoms with Crippen LogP contribution in [0, 0.1) is 22.7 Å². The second-order valence-corrected chi connectivity index (χ2v) is 8.66. The minimum absolute atomic E-state index is 0.180. The maximum Gasteiger partial charge on any atom is 0.0905 e. The second-order valence-electron chi connectivity index (χ2n) is 8.66. The van der Waals surface area contributed by atoms with E-state index >= 15 is 0 Å². The minimum atomic E-state index is 0.180. The summed E-state index contributed by atoms with van der Waals surface area (Å²) < 4.78 is 0. The first kappa shape index (κ1) is 15.2. The zero-order valence-corrected chi connectivity index (χ0v) is 14.6. The summed E-state index contributed by atoms with van der Waals surface area (Å²) in [4.78, 5) is 6.49. The summed E-state index contributed by atoms with van der Waals surface area (Å²) in [5.41, 5.74) is 1.88. The van der Waals surface area contributed by atoms with Gasteiger partial charge in [-0.25, -0.2) is 0 Å². The van der Waals surface area contributed by atoms with Crippen LogP contribution in [0.25, 0.3) is 0 Å². The molecular formula is C19H31NO2. The molecule has 4 bridgehead atoms. The highest BCUT2D eigenvalue weighted by Crippen LogP contribution is 2.73. The summed E-state index contributed by atoms with van der Waals surface area (Å²) in [6.07, 6.45) is 10.0. The molecule has 1 N–H and O–H groups in total. The van der Waals surface area contributed by atoms with E-state index < -0.39 is 0 Å². The van der Waals surface area contributed by atoms with E-state index in [-0.39, 0.29) is 23.7 Å². The molecule has 124 valence electrons. The van der Waals surface area contributed by atoms with Crippen LogP contribution in [0.4, 0.5) is 0 Å². The molecule has 3 heteroatoms. The minimum Gasteiger partial charge on any atom is -0.392 e. The van der Waals surface area contributed by atoms with Gasteiger partial charge in [-0.3, -0.25) is 4.84 Å². The molecule has 0 amide bonds. The quantitative estimate of drug-likeness (QED) is 0.752. The standard InChI is InChI=1S/C19H31NO2/c1-13-6-9-18-7-5-8-19(18)17(13,3)16(22-20(19)4)11-15(12-21)10-14(18)2/h10,13-14,16,21H,5-9,11-12H2,1-4H3/b15-10+/t13?,14-,16+,17?,18?,19+/m0/s1. The summed E-state index contributed by atoms with van der Waals surface area (Å²) >= 11 is 0. The van der Waals surface area contributed by atoms with Gasteiger partial charge in [0.05, 0.1) is 18.2 Å². The van der Waals surface area contributed by atoms with Gasteiger partial charge in [-0.1, -0.05) is 33.3 Å². The topological polar surface area (TPSA) is 32.7 Å². The van der Waals surface area contributed by atoms with E-state index in [0.29, 0.717) is 17.3 Å². The molecule has 0 aromatic carbocycles. The summed E-state index contributed by atoms with van der Waals surface area (Å²) in [7, 11) is 2.19. The molecule has 2 saturated carbocycles. The van der Waals surface area contributed by atoms with E-state index in [1.807, 2.05) is 0 Å². The molecule has 3 fully saturated rings. The number of hydrogen-bond acceptors (Lipinski definition) is 3. The SMILES string of the molecule is CC1CCC23CCC[C@]24N(C)O[C@H](C/C(CO)=C\[C@@H]3C)C14C. The van der Waals surface area contributed by atoms with Gasteiger partial charge < -0.3 is 5.11 Å². The number of aliphatic hydroxyl groups excluding tert-OH is 1. The van der Waals surface area contributed by atoms with Crippen molar-refractivity contribution >= 4 is 0 Å². The Hall–Kier alpha value is -0.380. The molecule has 4 rings (SSSR count). The summed E-state index contributed by atoms with van der Waals surface area (Å²) in [5, 5.41) is 12.1. The molecule has 6 atom stereocenters. The van der Waals surface area contributed by atoms with Crippen LogP contribution in [-0.2, 0) is 4.84 Å². The molecule has 1 heterocycles. The molecule has 1 spiro atoms. The van der Waals surface area contributed by atoms with Crippen molar-refractivity contribution in [2.45, 2.75) is 70.9 Å². The van der Waals surface area contributed by atoms with E-state index in [2.05, 4.69) is 39.0 Å². The van der Waals surface area contributed by atoms with Crippen LogP contribution in [0.5, 0.6) is 0 Å². The lowest BCUT2D eigenvalue weighted by molar-refractivity contribution is -0.205. The highest BCUT2D eigenvalue weighted by Gasteiger charge is 2.76. The fourth-order valence-corrected chi connectivity index (χ4v) is 7.24. The van der Waals surface area contributed by atoms with Gasteiger partial charge in [0, 0.05) is 12.5 Å². The van der Waals surface area contributed by atoms with Crippen molar-refractivity contribution < 1.29 is 9.94 Å². The monoisotopic (exact) mass is 305 g/mol. The fraction of sp³-hybridized carbons (Fsp3) is 0.895. The van der Waals surface area contributed by atoms with Crippen LogP contribution in [0.3, 0.4) is 0 Å². The Bertz CT molecular complexity index is 518. The average molecular weight is 305 g/mol. The lowest BCUT2D eigenvalue weighted by Gasteiger charge is -2.63. The van der Waals surface area contributed by atoms with Crippen LogP contribution < -0.4 is 0 Å². The first-order chi connectivity index (χ1) is 10.4. The normalized spacial score (nSPS) is 57.0. The van der Waals surface area contributed by atoms with Crippen molar-refractivity contribution in [3.8, 4) is 0 Å². The van der Waals surface area contributed by atoms with Crippen molar-refractivity contribution in [3.63, 3.8) is 0 Å². The Balaban J connectivity index is 1.98. The Morgan fingerprint density at radius 2 is 2.09 bits per heavy atom. The number of allylic oxidation sites excluding steroid dienone is 1. The van der Waals surface area contributed by atoms with E-state index in [9.17, 15) is 5.11 Å². The molecule has 1 saturated heterocycles. The Kier molecular flexibility index (Phi) is 3.16. The predicted octanol–water partition coefficient (Wildman–Crippen LogP) is 3.54. The van der Waals surface area contributed by atoms with Gasteiger partial charge in [0.25, 0.3) is 0 Å². The first-order valence-corrected chi connectivity index (χ1v) is 9.13. The van der Waals surface area contributed by atoms with Crippen LogP contribution in [-0.4, -0.2) is 35.5 Å². The molecule has 3 unspecified atom stereocenters. The smallest absolute Gasteiger partial charge is 0.0905 e. The van der Waals surface area contributed by atoms with E-state index in [0.717, 1.165) is 6.42 Å². The first-order valence-electron chi connectivity index (χ1n) is 9.13. The van der Waals surface area contributed by atoms with Crippen molar-refractivity contribution in [2.24, 2.45) is 22.7 Å². The molecule has 0 aromatic rings. The van der Waals surface area contributed by atoms with Gasteiger partial charge in [-0.15, -0.1) is 0 Å². The second kappa shape index (κ2) is 4.58. The van der Waals surface area contributed by atoms with Gasteiger partial charge in [-0.05, 0) is 54.9 Å². The predicted molar refractivity (Wildman–Crippen MR) is 87.1 cm³/mol. The summed E-state index contributed by atoms with van der Waals surface area (Å²) in [5.74, 6) is 1.20. The third-order valence-electron chi connectivity index (χ3n) is 8.42. The number of aliphatic hydroxyl groups is 1. The largest absolute Gasteiger partial charge is 0.392 e. The third kappa shape index (κ3) is 1.40. The Morgan fingerprint density at radius 1 is 1.32 bits per heavy atom. The molecule has 22 heavy (non-hydrogen) atoms. The van der Waals surface area contributed by atoms with E-state index in [1.165, 1.54) is 37.7 Å². The average Bonchev–Trinajstić information content (AvgIpc) is 3.00. The van der Waals surface area contributed by atoms with E-state index in [1.54, 1.807) is 0 Å². The fourth-order valence-electron chi connectivity index (χ4n) is 7.24. The zero-order chi connectivity index (χ0) is 15.8.